The average molecular weight is 200 g/mol. The van der Waals surface area contributed by atoms with Crippen molar-refractivity contribution in [1.29, 1.82) is 0 Å². The van der Waals surface area contributed by atoms with Gasteiger partial charge in [-0.2, -0.15) is 0 Å². The first-order valence-corrected chi connectivity index (χ1v) is 4.79. The van der Waals surface area contributed by atoms with Crippen LogP contribution in [0.2, 0.25) is 0 Å². The summed E-state index contributed by atoms with van der Waals surface area (Å²) < 4.78 is 0. The Morgan fingerprint density at radius 3 is 2.53 bits per heavy atom. The highest BCUT2D eigenvalue weighted by atomic mass is 16.1. The number of hydrogen-bond acceptors (Lipinski definition) is 2. The smallest absolute Gasteiger partial charge is 0.253 e. The van der Waals surface area contributed by atoms with Gasteiger partial charge in [-0.05, 0) is 17.2 Å². The molecule has 1 aromatic heterocycles. The largest absolute Gasteiger partial charge is 0.329 e. The van der Waals surface area contributed by atoms with Crippen LogP contribution in [-0.2, 0) is 6.54 Å². The minimum Gasteiger partial charge on any atom is -0.329 e. The molecule has 3 nitrogen and oxygen atoms in total. The summed E-state index contributed by atoms with van der Waals surface area (Å²) >= 11 is 0. The highest BCUT2D eigenvalue weighted by Gasteiger charge is 2.06. The second-order valence-corrected chi connectivity index (χ2v) is 3.27. The molecule has 1 aromatic carbocycles. The number of hydrogen-bond donors (Lipinski definition) is 2. The van der Waals surface area contributed by atoms with Gasteiger partial charge in [-0.15, -0.1) is 0 Å². The summed E-state index contributed by atoms with van der Waals surface area (Å²) in [4.78, 5) is 14.1. The predicted octanol–water partition coefficient (Wildman–Crippen LogP) is 1.50. The standard InChI is InChI=1S/C12H12N2O/c13-8-11-10(6-7-14-12(11)15)9-4-2-1-3-5-9/h1-7H,8,13H2,(H,14,15). The summed E-state index contributed by atoms with van der Waals surface area (Å²) in [7, 11) is 0. The molecule has 0 aliphatic carbocycles. The second kappa shape index (κ2) is 4.11. The van der Waals surface area contributed by atoms with Crippen molar-refractivity contribution < 1.29 is 0 Å². The number of nitrogens with two attached hydrogens (primary N) is 1. The minimum absolute atomic E-state index is 0.112. The zero-order valence-electron chi connectivity index (χ0n) is 8.23. The highest BCUT2D eigenvalue weighted by molar-refractivity contribution is 5.66. The van der Waals surface area contributed by atoms with Gasteiger partial charge in [0.1, 0.15) is 0 Å². The first-order valence-electron chi connectivity index (χ1n) is 4.79. The molecule has 0 aliphatic rings. The van der Waals surface area contributed by atoms with Crippen molar-refractivity contribution in [2.45, 2.75) is 6.54 Å². The van der Waals surface area contributed by atoms with Crippen molar-refractivity contribution in [3.05, 3.63) is 58.5 Å². The van der Waals surface area contributed by atoms with E-state index in [-0.39, 0.29) is 12.1 Å². The van der Waals surface area contributed by atoms with E-state index >= 15 is 0 Å². The quantitative estimate of drug-likeness (QED) is 0.771. The third-order valence-corrected chi connectivity index (χ3v) is 2.35. The second-order valence-electron chi connectivity index (χ2n) is 3.27. The van der Waals surface area contributed by atoms with E-state index in [0.29, 0.717) is 5.56 Å². The van der Waals surface area contributed by atoms with E-state index in [4.69, 9.17) is 5.73 Å². The van der Waals surface area contributed by atoms with E-state index in [1.165, 1.54) is 0 Å². The Morgan fingerprint density at radius 2 is 1.87 bits per heavy atom. The van der Waals surface area contributed by atoms with Gasteiger partial charge in [0.15, 0.2) is 0 Å². The van der Waals surface area contributed by atoms with E-state index in [2.05, 4.69) is 4.98 Å². The molecule has 3 N–H and O–H groups in total. The maximum absolute atomic E-state index is 11.5. The minimum atomic E-state index is -0.112. The lowest BCUT2D eigenvalue weighted by Gasteiger charge is -2.05. The Balaban J connectivity index is 2.63. The highest BCUT2D eigenvalue weighted by Crippen LogP contribution is 2.19. The molecule has 2 aromatic rings. The van der Waals surface area contributed by atoms with Crippen molar-refractivity contribution in [3.63, 3.8) is 0 Å². The molecule has 76 valence electrons. The summed E-state index contributed by atoms with van der Waals surface area (Å²) in [6, 6.07) is 11.6. The van der Waals surface area contributed by atoms with Gasteiger partial charge in [-0.3, -0.25) is 4.79 Å². The summed E-state index contributed by atoms with van der Waals surface area (Å²) in [6.45, 7) is 0.250. The maximum Gasteiger partial charge on any atom is 0.253 e. The topological polar surface area (TPSA) is 58.9 Å². The van der Waals surface area contributed by atoms with Gasteiger partial charge in [-0.1, -0.05) is 30.3 Å². The van der Waals surface area contributed by atoms with Crippen LogP contribution in [0.1, 0.15) is 5.56 Å². The van der Waals surface area contributed by atoms with Gasteiger partial charge >= 0.3 is 0 Å². The van der Waals surface area contributed by atoms with Crippen LogP contribution < -0.4 is 11.3 Å². The van der Waals surface area contributed by atoms with Crippen molar-refractivity contribution in [3.8, 4) is 11.1 Å². The Bertz CT molecular complexity index is 503. The molecule has 1 heterocycles. The number of benzene rings is 1. The lowest BCUT2D eigenvalue weighted by Crippen LogP contribution is -2.16. The molecule has 0 amide bonds. The molecule has 0 radical (unpaired) electrons. The van der Waals surface area contributed by atoms with E-state index in [9.17, 15) is 4.79 Å². The molecule has 15 heavy (non-hydrogen) atoms. The Labute approximate surface area is 87.6 Å². The van der Waals surface area contributed by atoms with Crippen molar-refractivity contribution in [2.24, 2.45) is 5.73 Å². The molecular weight excluding hydrogens is 188 g/mol. The van der Waals surface area contributed by atoms with Crippen LogP contribution in [0.15, 0.2) is 47.4 Å². The van der Waals surface area contributed by atoms with Crippen molar-refractivity contribution in [1.82, 2.24) is 4.98 Å². The first-order chi connectivity index (χ1) is 7.33. The van der Waals surface area contributed by atoms with Crippen LogP contribution in [0.25, 0.3) is 11.1 Å². The summed E-state index contributed by atoms with van der Waals surface area (Å²) in [5.41, 5.74) is 8.01. The zero-order chi connectivity index (χ0) is 10.7. The maximum atomic E-state index is 11.5. The molecule has 3 heteroatoms. The lowest BCUT2D eigenvalue weighted by atomic mass is 10.0. The number of rotatable bonds is 2. The number of pyridine rings is 1. The fourth-order valence-electron chi connectivity index (χ4n) is 1.60. The third-order valence-electron chi connectivity index (χ3n) is 2.35. The molecule has 0 unspecified atom stereocenters. The predicted molar refractivity (Wildman–Crippen MR) is 60.4 cm³/mol. The monoisotopic (exact) mass is 200 g/mol. The SMILES string of the molecule is NCc1c(-c2ccccc2)cc[nH]c1=O. The molecule has 0 spiro atoms. The van der Waals surface area contributed by atoms with Crippen LogP contribution in [0.3, 0.4) is 0 Å². The normalized spacial score (nSPS) is 10.2. The van der Waals surface area contributed by atoms with Gasteiger partial charge in [0, 0.05) is 18.3 Å². The van der Waals surface area contributed by atoms with Crippen molar-refractivity contribution in [2.75, 3.05) is 0 Å². The van der Waals surface area contributed by atoms with Crippen molar-refractivity contribution >= 4 is 0 Å². The fraction of sp³-hybridized carbons (Fsp3) is 0.0833. The van der Waals surface area contributed by atoms with E-state index in [1.807, 2.05) is 36.4 Å². The fourth-order valence-corrected chi connectivity index (χ4v) is 1.60. The van der Waals surface area contributed by atoms with Gasteiger partial charge in [0.25, 0.3) is 5.56 Å². The molecule has 0 atom stereocenters. The summed E-state index contributed by atoms with van der Waals surface area (Å²) in [5.74, 6) is 0. The van der Waals surface area contributed by atoms with Crippen LogP contribution >= 0.6 is 0 Å². The average Bonchev–Trinajstić information content (AvgIpc) is 2.30. The molecule has 0 bridgehead atoms. The van der Waals surface area contributed by atoms with E-state index in [0.717, 1.165) is 11.1 Å². The molecule has 0 saturated carbocycles. The first kappa shape index (κ1) is 9.68. The molecule has 2 rings (SSSR count). The third kappa shape index (κ3) is 1.82. The van der Waals surface area contributed by atoms with Crippen LogP contribution in [0, 0.1) is 0 Å². The van der Waals surface area contributed by atoms with Crippen LogP contribution in [0.5, 0.6) is 0 Å². The number of nitrogens with one attached hydrogen (secondary N) is 1. The van der Waals surface area contributed by atoms with Gasteiger partial charge in [0.05, 0.1) is 0 Å². The zero-order valence-corrected chi connectivity index (χ0v) is 8.23. The lowest BCUT2D eigenvalue weighted by molar-refractivity contribution is 1.02. The van der Waals surface area contributed by atoms with Gasteiger partial charge in [0.2, 0.25) is 0 Å². The number of H-pyrrole nitrogens is 1. The molecular formula is C12H12N2O. The Hall–Kier alpha value is -1.87. The van der Waals surface area contributed by atoms with Gasteiger partial charge in [-0.25, -0.2) is 0 Å². The van der Waals surface area contributed by atoms with E-state index < -0.39 is 0 Å². The van der Waals surface area contributed by atoms with Gasteiger partial charge < -0.3 is 10.7 Å². The summed E-state index contributed by atoms with van der Waals surface area (Å²) in [5, 5.41) is 0. The number of aromatic amines is 1. The summed E-state index contributed by atoms with van der Waals surface area (Å²) in [6.07, 6.45) is 1.64. The Morgan fingerprint density at radius 1 is 1.13 bits per heavy atom. The Kier molecular flexibility index (Phi) is 2.65. The number of aromatic nitrogens is 1. The van der Waals surface area contributed by atoms with E-state index in [1.54, 1.807) is 6.20 Å². The molecule has 0 aliphatic heterocycles. The molecule has 0 fully saturated rings. The van der Waals surface area contributed by atoms with Crippen LogP contribution in [0.4, 0.5) is 0 Å². The molecule has 0 saturated heterocycles. The van der Waals surface area contributed by atoms with Crippen LogP contribution in [-0.4, -0.2) is 4.98 Å².